The molecule has 0 aliphatic carbocycles. The van der Waals surface area contributed by atoms with E-state index in [1.807, 2.05) is 54.3 Å². The van der Waals surface area contributed by atoms with Crippen LogP contribution in [0.2, 0.25) is 0 Å². The number of aryl methyl sites for hydroxylation is 1. The van der Waals surface area contributed by atoms with Crippen molar-refractivity contribution in [3.63, 3.8) is 0 Å². The van der Waals surface area contributed by atoms with E-state index in [-0.39, 0.29) is 11.7 Å². The molecule has 2 aromatic rings. The SMILES string of the molecule is COc1ccc(CN2CCN(C(=O)CCCC(=O)c3ccccc3C)CC2)cc1OC. The van der Waals surface area contributed by atoms with Gasteiger partial charge in [-0.15, -0.1) is 0 Å². The molecule has 0 aromatic heterocycles. The maximum absolute atomic E-state index is 12.6. The zero-order valence-corrected chi connectivity index (χ0v) is 18.7. The number of Topliss-reactive ketones (excluding diaryl/α,β-unsaturated/α-hetero) is 1. The minimum atomic E-state index is 0.116. The number of ether oxygens (including phenoxy) is 2. The fourth-order valence-electron chi connectivity index (χ4n) is 3.97. The lowest BCUT2D eigenvalue weighted by Crippen LogP contribution is -2.48. The molecule has 0 spiro atoms. The predicted molar refractivity (Wildman–Crippen MR) is 121 cm³/mol. The van der Waals surface area contributed by atoms with Gasteiger partial charge >= 0.3 is 0 Å². The molecule has 0 bridgehead atoms. The average Bonchev–Trinajstić information content (AvgIpc) is 2.79. The summed E-state index contributed by atoms with van der Waals surface area (Å²) in [6.07, 6.45) is 1.43. The fourth-order valence-corrected chi connectivity index (χ4v) is 3.97. The predicted octanol–water partition coefficient (Wildman–Crippen LogP) is 3.71. The Kier molecular flexibility index (Phi) is 8.06. The van der Waals surface area contributed by atoms with Gasteiger partial charge in [0.05, 0.1) is 14.2 Å². The van der Waals surface area contributed by atoms with E-state index >= 15 is 0 Å². The number of hydrogen-bond acceptors (Lipinski definition) is 5. The van der Waals surface area contributed by atoms with Crippen LogP contribution in [0.4, 0.5) is 0 Å². The summed E-state index contributed by atoms with van der Waals surface area (Å²) < 4.78 is 10.7. The maximum Gasteiger partial charge on any atom is 0.222 e. The number of nitrogens with zero attached hydrogens (tertiary/aromatic N) is 2. The summed E-state index contributed by atoms with van der Waals surface area (Å²) in [6, 6.07) is 13.6. The van der Waals surface area contributed by atoms with Crippen LogP contribution in [0.15, 0.2) is 42.5 Å². The first-order valence-corrected chi connectivity index (χ1v) is 10.8. The standard InChI is InChI=1S/C25H32N2O4/c1-19-7-4-5-8-21(19)22(28)9-6-10-25(29)27-15-13-26(14-16-27)18-20-11-12-23(30-2)24(17-20)31-3/h4-5,7-8,11-12,17H,6,9-10,13-16,18H2,1-3H3. The molecule has 0 saturated carbocycles. The normalized spacial score (nSPS) is 14.4. The van der Waals surface area contributed by atoms with Gasteiger partial charge in [-0.25, -0.2) is 0 Å². The maximum atomic E-state index is 12.6. The van der Waals surface area contributed by atoms with E-state index < -0.39 is 0 Å². The van der Waals surface area contributed by atoms with E-state index in [4.69, 9.17) is 9.47 Å². The van der Waals surface area contributed by atoms with Gasteiger partial charge in [-0.1, -0.05) is 30.3 Å². The third-order valence-electron chi connectivity index (χ3n) is 5.82. The second kappa shape index (κ2) is 11.0. The summed E-state index contributed by atoms with van der Waals surface area (Å²) in [5.41, 5.74) is 2.91. The zero-order chi connectivity index (χ0) is 22.2. The largest absolute Gasteiger partial charge is 0.493 e. The first-order valence-electron chi connectivity index (χ1n) is 10.8. The molecule has 166 valence electrons. The first-order chi connectivity index (χ1) is 15.0. The number of rotatable bonds is 9. The Hall–Kier alpha value is -2.86. The lowest BCUT2D eigenvalue weighted by molar-refractivity contribution is -0.133. The molecule has 0 unspecified atom stereocenters. The monoisotopic (exact) mass is 424 g/mol. The van der Waals surface area contributed by atoms with E-state index in [2.05, 4.69) is 4.90 Å². The lowest BCUT2D eigenvalue weighted by Gasteiger charge is -2.35. The molecule has 1 amide bonds. The van der Waals surface area contributed by atoms with Gasteiger partial charge in [-0.2, -0.15) is 0 Å². The summed E-state index contributed by atoms with van der Waals surface area (Å²) in [5, 5.41) is 0. The molecule has 1 aliphatic heterocycles. The van der Waals surface area contributed by atoms with E-state index in [0.29, 0.717) is 19.3 Å². The van der Waals surface area contributed by atoms with Crippen molar-refractivity contribution in [3.8, 4) is 11.5 Å². The molecule has 0 N–H and O–H groups in total. The summed E-state index contributed by atoms with van der Waals surface area (Å²) in [4.78, 5) is 29.2. The van der Waals surface area contributed by atoms with E-state index in [1.165, 1.54) is 0 Å². The van der Waals surface area contributed by atoms with Crippen LogP contribution in [0.5, 0.6) is 11.5 Å². The van der Waals surface area contributed by atoms with E-state index in [9.17, 15) is 9.59 Å². The van der Waals surface area contributed by atoms with Gasteiger partial charge in [0.2, 0.25) is 5.91 Å². The molecule has 0 radical (unpaired) electrons. The van der Waals surface area contributed by atoms with Crippen LogP contribution in [0.3, 0.4) is 0 Å². The fraction of sp³-hybridized carbons (Fsp3) is 0.440. The molecule has 1 aliphatic rings. The topological polar surface area (TPSA) is 59.1 Å². The number of ketones is 1. The van der Waals surface area contributed by atoms with Crippen LogP contribution in [0.25, 0.3) is 0 Å². The van der Waals surface area contributed by atoms with Crippen LogP contribution in [0.1, 0.15) is 40.7 Å². The lowest BCUT2D eigenvalue weighted by atomic mass is 10.0. The number of carbonyl (C=O) groups excluding carboxylic acids is 2. The second-order valence-corrected chi connectivity index (χ2v) is 7.94. The minimum absolute atomic E-state index is 0.116. The summed E-state index contributed by atoms with van der Waals surface area (Å²) >= 11 is 0. The summed E-state index contributed by atoms with van der Waals surface area (Å²) in [6.45, 7) is 5.87. The van der Waals surface area contributed by atoms with Crippen LogP contribution in [-0.2, 0) is 11.3 Å². The zero-order valence-electron chi connectivity index (χ0n) is 18.7. The molecule has 1 heterocycles. The van der Waals surface area contributed by atoms with Crippen molar-refractivity contribution < 1.29 is 19.1 Å². The highest BCUT2D eigenvalue weighted by molar-refractivity contribution is 5.97. The second-order valence-electron chi connectivity index (χ2n) is 7.94. The number of amides is 1. The van der Waals surface area contributed by atoms with Crippen LogP contribution >= 0.6 is 0 Å². The summed E-state index contributed by atoms with van der Waals surface area (Å²) in [7, 11) is 3.27. The molecule has 6 nitrogen and oxygen atoms in total. The highest BCUT2D eigenvalue weighted by atomic mass is 16.5. The number of carbonyl (C=O) groups is 2. The van der Waals surface area contributed by atoms with Crippen molar-refractivity contribution in [3.05, 3.63) is 59.2 Å². The highest BCUT2D eigenvalue weighted by Gasteiger charge is 2.21. The Morgan fingerprint density at radius 1 is 0.903 bits per heavy atom. The number of benzene rings is 2. The van der Waals surface area contributed by atoms with Crippen molar-refractivity contribution in [1.29, 1.82) is 0 Å². The van der Waals surface area contributed by atoms with E-state index in [1.54, 1.807) is 14.2 Å². The van der Waals surface area contributed by atoms with Crippen molar-refractivity contribution in [2.45, 2.75) is 32.7 Å². The quantitative estimate of drug-likeness (QED) is 0.575. The first kappa shape index (κ1) is 22.8. The van der Waals surface area contributed by atoms with Crippen LogP contribution in [0, 0.1) is 6.92 Å². The molecule has 1 saturated heterocycles. The molecule has 3 rings (SSSR count). The van der Waals surface area contributed by atoms with Crippen LogP contribution < -0.4 is 9.47 Å². The van der Waals surface area contributed by atoms with Gasteiger partial charge in [0.15, 0.2) is 17.3 Å². The number of methoxy groups -OCH3 is 2. The Morgan fingerprint density at radius 3 is 2.29 bits per heavy atom. The van der Waals surface area contributed by atoms with Crippen LogP contribution in [-0.4, -0.2) is 61.9 Å². The minimum Gasteiger partial charge on any atom is -0.493 e. The molecule has 31 heavy (non-hydrogen) atoms. The number of piperazine rings is 1. The molecule has 1 fully saturated rings. The Labute approximate surface area is 184 Å². The van der Waals surface area contributed by atoms with Gasteiger partial charge in [-0.05, 0) is 36.6 Å². The van der Waals surface area contributed by atoms with Crippen molar-refractivity contribution in [2.75, 3.05) is 40.4 Å². The molecular weight excluding hydrogens is 392 g/mol. The van der Waals surface area contributed by atoms with Gasteiger partial charge in [0.25, 0.3) is 0 Å². The van der Waals surface area contributed by atoms with E-state index in [0.717, 1.165) is 60.9 Å². The van der Waals surface area contributed by atoms with Crippen molar-refractivity contribution in [1.82, 2.24) is 9.80 Å². The molecule has 2 aromatic carbocycles. The number of hydrogen-bond donors (Lipinski definition) is 0. The van der Waals surface area contributed by atoms with Gasteiger partial charge in [0, 0.05) is 51.1 Å². The highest BCUT2D eigenvalue weighted by Crippen LogP contribution is 2.28. The van der Waals surface area contributed by atoms with Gasteiger partial charge in [0.1, 0.15) is 0 Å². The van der Waals surface area contributed by atoms with Gasteiger partial charge in [-0.3, -0.25) is 14.5 Å². The average molecular weight is 425 g/mol. The molecular formula is C25H32N2O4. The third-order valence-corrected chi connectivity index (χ3v) is 5.82. The summed E-state index contributed by atoms with van der Waals surface area (Å²) in [5.74, 6) is 1.71. The smallest absolute Gasteiger partial charge is 0.222 e. The van der Waals surface area contributed by atoms with Crippen molar-refractivity contribution >= 4 is 11.7 Å². The Morgan fingerprint density at radius 2 is 1.61 bits per heavy atom. The molecule has 6 heteroatoms. The Balaban J connectivity index is 1.41. The third kappa shape index (κ3) is 6.07. The van der Waals surface area contributed by atoms with Crippen molar-refractivity contribution in [2.24, 2.45) is 0 Å². The van der Waals surface area contributed by atoms with Gasteiger partial charge < -0.3 is 14.4 Å². The molecule has 0 atom stereocenters. The Bertz CT molecular complexity index is 904.